The second-order valence-electron chi connectivity index (χ2n) is 6.62. The van der Waals surface area contributed by atoms with E-state index in [4.69, 9.17) is 4.74 Å². The number of allylic oxidation sites excluding steroid dienone is 2. The van der Waals surface area contributed by atoms with Gasteiger partial charge >= 0.3 is 5.97 Å². The molecule has 0 saturated carbocycles. The fourth-order valence-corrected chi connectivity index (χ4v) is 4.00. The molecule has 26 heavy (non-hydrogen) atoms. The Kier molecular flexibility index (Phi) is 3.95. The third-order valence-corrected chi connectivity index (χ3v) is 5.22. The zero-order valence-corrected chi connectivity index (χ0v) is 14.2. The number of hydrogen-bond acceptors (Lipinski definition) is 5. The van der Waals surface area contributed by atoms with Crippen LogP contribution in [0.1, 0.15) is 39.9 Å². The first-order valence-corrected chi connectivity index (χ1v) is 8.48. The van der Waals surface area contributed by atoms with Crippen LogP contribution >= 0.6 is 0 Å². The van der Waals surface area contributed by atoms with Gasteiger partial charge in [-0.25, -0.2) is 4.79 Å². The smallest absolute Gasteiger partial charge is 0.337 e. The van der Waals surface area contributed by atoms with Gasteiger partial charge in [-0.2, -0.15) is 0 Å². The van der Waals surface area contributed by atoms with E-state index in [-0.39, 0.29) is 34.5 Å². The van der Waals surface area contributed by atoms with E-state index in [1.54, 1.807) is 18.2 Å². The van der Waals surface area contributed by atoms with Crippen molar-refractivity contribution in [2.45, 2.75) is 18.4 Å². The van der Waals surface area contributed by atoms with Gasteiger partial charge in [-0.15, -0.1) is 0 Å². The summed E-state index contributed by atoms with van der Waals surface area (Å²) >= 11 is 0. The van der Waals surface area contributed by atoms with Crippen LogP contribution in [0.4, 0.5) is 11.4 Å². The minimum Gasteiger partial charge on any atom is -0.465 e. The van der Waals surface area contributed by atoms with Gasteiger partial charge in [0.05, 0.1) is 23.6 Å². The molecule has 0 bridgehead atoms. The highest BCUT2D eigenvalue weighted by molar-refractivity contribution is 5.90. The number of nitro groups is 1. The first kappa shape index (κ1) is 16.3. The first-order chi connectivity index (χ1) is 12.6. The summed E-state index contributed by atoms with van der Waals surface area (Å²) < 4.78 is 4.82. The molecular formula is C20H18N2O4. The van der Waals surface area contributed by atoms with Crippen molar-refractivity contribution in [3.63, 3.8) is 0 Å². The number of non-ortho nitro benzene ring substituents is 1. The summed E-state index contributed by atoms with van der Waals surface area (Å²) in [7, 11) is 1.37. The number of benzene rings is 2. The molecule has 0 spiro atoms. The minimum atomic E-state index is -0.368. The number of hydrogen-bond donors (Lipinski definition) is 1. The molecule has 1 N–H and O–H groups in total. The van der Waals surface area contributed by atoms with Crippen LogP contribution < -0.4 is 5.32 Å². The number of nitrogens with one attached hydrogen (secondary N) is 1. The molecular weight excluding hydrogens is 332 g/mol. The number of nitrogens with zero attached hydrogens (tertiary/aromatic N) is 1. The van der Waals surface area contributed by atoms with Crippen molar-refractivity contribution in [3.8, 4) is 0 Å². The summed E-state index contributed by atoms with van der Waals surface area (Å²) in [5, 5.41) is 14.6. The van der Waals surface area contributed by atoms with E-state index >= 15 is 0 Å². The van der Waals surface area contributed by atoms with E-state index in [0.717, 1.165) is 23.2 Å². The van der Waals surface area contributed by atoms with Crippen LogP contribution in [0.2, 0.25) is 0 Å². The number of esters is 1. The molecule has 6 heteroatoms. The maximum absolute atomic E-state index is 11.9. The van der Waals surface area contributed by atoms with Gasteiger partial charge in [-0.3, -0.25) is 10.1 Å². The van der Waals surface area contributed by atoms with Crippen molar-refractivity contribution in [2.24, 2.45) is 5.92 Å². The number of methoxy groups -OCH3 is 1. The average Bonchev–Trinajstić information content (AvgIpc) is 3.16. The molecule has 3 atom stereocenters. The Labute approximate surface area is 150 Å². The van der Waals surface area contributed by atoms with Gasteiger partial charge in [-0.1, -0.05) is 24.3 Å². The lowest BCUT2D eigenvalue weighted by atomic mass is 9.76. The number of ether oxygens (including phenoxy) is 1. The zero-order chi connectivity index (χ0) is 18.3. The highest BCUT2D eigenvalue weighted by Gasteiger charge is 2.38. The molecule has 1 heterocycles. The van der Waals surface area contributed by atoms with E-state index in [0.29, 0.717) is 5.56 Å². The van der Waals surface area contributed by atoms with E-state index < -0.39 is 0 Å². The maximum Gasteiger partial charge on any atom is 0.337 e. The Hall–Kier alpha value is -3.15. The Balaban J connectivity index is 1.75. The number of rotatable bonds is 3. The Morgan fingerprint density at radius 1 is 1.27 bits per heavy atom. The molecule has 2 aromatic rings. The monoisotopic (exact) mass is 350 g/mol. The SMILES string of the molecule is COC(=O)c1ccc2c(c1)[C@H]1C=CC[C@@H]1[C@H](c1cccc([N+](=O)[O-])c1)N2. The Morgan fingerprint density at radius 3 is 2.88 bits per heavy atom. The largest absolute Gasteiger partial charge is 0.465 e. The lowest BCUT2D eigenvalue weighted by Gasteiger charge is -2.37. The Morgan fingerprint density at radius 2 is 2.12 bits per heavy atom. The number of fused-ring (bicyclic) bond motifs is 3. The van der Waals surface area contributed by atoms with Crippen LogP contribution in [0.15, 0.2) is 54.6 Å². The summed E-state index contributed by atoms with van der Waals surface area (Å²) in [6.07, 6.45) is 5.18. The number of nitro benzene ring substituents is 1. The van der Waals surface area contributed by atoms with Crippen molar-refractivity contribution in [3.05, 3.63) is 81.4 Å². The molecule has 0 radical (unpaired) electrons. The predicted octanol–water partition coefficient (Wildman–Crippen LogP) is 4.21. The van der Waals surface area contributed by atoms with Crippen molar-refractivity contribution < 1.29 is 14.5 Å². The van der Waals surface area contributed by atoms with Crippen molar-refractivity contribution in [1.82, 2.24) is 0 Å². The lowest BCUT2D eigenvalue weighted by Crippen LogP contribution is -2.29. The zero-order valence-electron chi connectivity index (χ0n) is 14.2. The first-order valence-electron chi connectivity index (χ1n) is 8.48. The number of anilines is 1. The number of carbonyl (C=O) groups is 1. The third kappa shape index (κ3) is 2.63. The van der Waals surface area contributed by atoms with Gasteiger partial charge in [-0.05, 0) is 41.7 Å². The molecule has 4 rings (SSSR count). The topological polar surface area (TPSA) is 81.5 Å². The Bertz CT molecular complexity index is 922. The van der Waals surface area contributed by atoms with Crippen LogP contribution in [0.5, 0.6) is 0 Å². The normalized spacial score (nSPS) is 22.9. The van der Waals surface area contributed by atoms with Crippen LogP contribution in [0.3, 0.4) is 0 Å². The quantitative estimate of drug-likeness (QED) is 0.388. The molecule has 0 fully saturated rings. The highest BCUT2D eigenvalue weighted by Crippen LogP contribution is 2.50. The summed E-state index contributed by atoms with van der Waals surface area (Å²) in [4.78, 5) is 22.6. The van der Waals surface area contributed by atoms with Gasteiger partial charge in [0.2, 0.25) is 0 Å². The van der Waals surface area contributed by atoms with E-state index in [1.807, 2.05) is 18.2 Å². The van der Waals surface area contributed by atoms with E-state index in [9.17, 15) is 14.9 Å². The second kappa shape index (κ2) is 6.29. The number of carbonyl (C=O) groups excluding carboxylic acids is 1. The molecule has 0 aromatic heterocycles. The summed E-state index contributed by atoms with van der Waals surface area (Å²) in [5.41, 5.74) is 3.54. The van der Waals surface area contributed by atoms with Gasteiger partial charge in [0.25, 0.3) is 5.69 Å². The standard InChI is InChI=1S/C20H18N2O4/c1-26-20(23)13-8-9-18-17(11-13)15-6-3-7-16(15)19(21-18)12-4-2-5-14(10-12)22(24)25/h2-6,8-11,15-16,19,21H,7H2,1H3/t15-,16-,19-/m0/s1. The molecule has 0 unspecified atom stereocenters. The molecule has 6 nitrogen and oxygen atoms in total. The van der Waals surface area contributed by atoms with Crippen LogP contribution in [-0.2, 0) is 4.74 Å². The lowest BCUT2D eigenvalue weighted by molar-refractivity contribution is -0.384. The van der Waals surface area contributed by atoms with Gasteiger partial charge < -0.3 is 10.1 Å². The molecule has 1 aliphatic heterocycles. The molecule has 1 aliphatic carbocycles. The highest BCUT2D eigenvalue weighted by atomic mass is 16.6. The van der Waals surface area contributed by atoms with Crippen molar-refractivity contribution in [2.75, 3.05) is 12.4 Å². The minimum absolute atomic E-state index is 0.0219. The predicted molar refractivity (Wildman–Crippen MR) is 97.2 cm³/mol. The van der Waals surface area contributed by atoms with E-state index in [2.05, 4.69) is 17.5 Å². The van der Waals surface area contributed by atoms with Crippen molar-refractivity contribution in [1.29, 1.82) is 0 Å². The van der Waals surface area contributed by atoms with Crippen molar-refractivity contribution >= 4 is 17.3 Å². The summed E-state index contributed by atoms with van der Waals surface area (Å²) in [6.45, 7) is 0. The van der Waals surface area contributed by atoms with Crippen LogP contribution in [0.25, 0.3) is 0 Å². The molecule has 132 valence electrons. The van der Waals surface area contributed by atoms with Gasteiger partial charge in [0, 0.05) is 23.7 Å². The average molecular weight is 350 g/mol. The second-order valence-corrected chi connectivity index (χ2v) is 6.62. The molecule has 0 amide bonds. The van der Waals surface area contributed by atoms with Crippen LogP contribution in [0, 0.1) is 16.0 Å². The fourth-order valence-electron chi connectivity index (χ4n) is 4.00. The van der Waals surface area contributed by atoms with Gasteiger partial charge in [0.15, 0.2) is 0 Å². The summed E-state index contributed by atoms with van der Waals surface area (Å²) in [5.74, 6) is 0.0599. The summed E-state index contributed by atoms with van der Waals surface area (Å²) in [6, 6.07) is 12.3. The third-order valence-electron chi connectivity index (χ3n) is 5.22. The molecule has 2 aliphatic rings. The fraction of sp³-hybridized carbons (Fsp3) is 0.250. The van der Waals surface area contributed by atoms with Crippen LogP contribution in [-0.4, -0.2) is 18.0 Å². The molecule has 2 aromatic carbocycles. The maximum atomic E-state index is 11.9. The molecule has 0 saturated heterocycles. The van der Waals surface area contributed by atoms with Gasteiger partial charge in [0.1, 0.15) is 0 Å². The van der Waals surface area contributed by atoms with E-state index in [1.165, 1.54) is 13.2 Å².